The molecule has 0 bridgehead atoms. The molecule has 1 aromatic heterocycles. The number of rotatable bonds is 6. The van der Waals surface area contributed by atoms with Crippen LogP contribution in [0.15, 0.2) is 29.8 Å². The van der Waals surface area contributed by atoms with Crippen molar-refractivity contribution in [2.45, 2.75) is 38.0 Å². The van der Waals surface area contributed by atoms with Crippen LogP contribution in [0.25, 0.3) is 11.0 Å². The molecule has 2 aromatic rings. The molecule has 0 amide bonds. The molecule has 0 aliphatic heterocycles. The van der Waals surface area contributed by atoms with Crippen LogP contribution in [0.1, 0.15) is 37.8 Å². The highest BCUT2D eigenvalue weighted by atomic mass is 19.3. The van der Waals surface area contributed by atoms with Crippen molar-refractivity contribution in [3.05, 3.63) is 35.5 Å². The molecule has 0 saturated heterocycles. The van der Waals surface area contributed by atoms with E-state index in [2.05, 4.69) is 9.97 Å². The molecular weight excluding hydrogens is 302 g/mol. The summed E-state index contributed by atoms with van der Waals surface area (Å²) in [6.07, 6.45) is 4.82. The number of nitrogens with zero attached hydrogens (tertiary/aromatic N) is 2. The maximum atomic E-state index is 14.3. The average Bonchev–Trinajstić information content (AvgIpc) is 3.34. The van der Waals surface area contributed by atoms with Crippen LogP contribution >= 0.6 is 0 Å². The fourth-order valence-electron chi connectivity index (χ4n) is 2.42. The zero-order chi connectivity index (χ0) is 16.4. The molecule has 23 heavy (non-hydrogen) atoms. The first-order valence-electron chi connectivity index (χ1n) is 7.60. The van der Waals surface area contributed by atoms with E-state index in [1.54, 1.807) is 18.2 Å². The van der Waals surface area contributed by atoms with Gasteiger partial charge in [0.15, 0.2) is 5.69 Å². The van der Waals surface area contributed by atoms with Crippen LogP contribution in [-0.4, -0.2) is 22.2 Å². The molecule has 3 rings (SSSR count). The minimum absolute atomic E-state index is 0.304. The summed E-state index contributed by atoms with van der Waals surface area (Å²) in [6.45, 7) is 0. The number of hydrogen-bond donors (Lipinski definition) is 1. The van der Waals surface area contributed by atoms with E-state index < -0.39 is 17.5 Å². The first-order chi connectivity index (χ1) is 11.0. The Morgan fingerprint density at radius 3 is 2.74 bits per heavy atom. The predicted octanol–water partition coefficient (Wildman–Crippen LogP) is 4.33. The summed E-state index contributed by atoms with van der Waals surface area (Å²) in [7, 11) is 1.49. The Labute approximate surface area is 132 Å². The standard InChI is InChI=1S/C17H18F2N2O2/c1-23-12-7-8-13-14(10-12)21-16(22)15(20-13)17(18,19)9-3-2-4-11-5-6-11/h4,7-8,10H,2-3,5-6,9H2,1H3,(H,21,22). The zero-order valence-corrected chi connectivity index (χ0v) is 12.9. The van der Waals surface area contributed by atoms with Gasteiger partial charge in [-0.05, 0) is 37.8 Å². The molecular formula is C17H18F2N2O2. The minimum atomic E-state index is -3.20. The minimum Gasteiger partial charge on any atom is -0.497 e. The largest absolute Gasteiger partial charge is 0.497 e. The van der Waals surface area contributed by atoms with E-state index in [4.69, 9.17) is 4.74 Å². The molecule has 1 aliphatic carbocycles. The third kappa shape index (κ3) is 3.57. The van der Waals surface area contributed by atoms with Crippen LogP contribution in [-0.2, 0) is 5.92 Å². The third-order valence-corrected chi connectivity index (χ3v) is 3.87. The normalized spacial score (nSPS) is 14.1. The zero-order valence-electron chi connectivity index (χ0n) is 12.9. The Kier molecular flexibility index (Phi) is 4.15. The fraction of sp³-hybridized carbons (Fsp3) is 0.412. The molecule has 1 aliphatic rings. The summed E-state index contributed by atoms with van der Waals surface area (Å²) in [5.74, 6) is -3.40. The lowest BCUT2D eigenvalue weighted by atomic mass is 10.1. The Bertz CT molecular complexity index is 754. The van der Waals surface area contributed by atoms with Crippen LogP contribution < -0.4 is 4.74 Å². The lowest BCUT2D eigenvalue weighted by Crippen LogP contribution is -2.16. The molecule has 0 unspecified atom stereocenters. The number of allylic oxidation sites excluding steroid dienone is 2. The Morgan fingerprint density at radius 2 is 2.04 bits per heavy atom. The van der Waals surface area contributed by atoms with Gasteiger partial charge < -0.3 is 9.84 Å². The number of unbranched alkanes of at least 4 members (excludes halogenated alkanes) is 1. The second kappa shape index (κ2) is 6.10. The van der Waals surface area contributed by atoms with Crippen molar-refractivity contribution in [1.82, 2.24) is 9.97 Å². The van der Waals surface area contributed by atoms with Gasteiger partial charge in [-0.3, -0.25) is 0 Å². The van der Waals surface area contributed by atoms with Crippen molar-refractivity contribution in [2.24, 2.45) is 0 Å². The lowest BCUT2D eigenvalue weighted by molar-refractivity contribution is -0.0217. The molecule has 1 heterocycles. The highest BCUT2D eigenvalue weighted by Crippen LogP contribution is 2.38. The number of alkyl halides is 2. The lowest BCUT2D eigenvalue weighted by Gasteiger charge is -2.16. The fourth-order valence-corrected chi connectivity index (χ4v) is 2.42. The summed E-state index contributed by atoms with van der Waals surface area (Å²) >= 11 is 0. The number of hydrogen-bond acceptors (Lipinski definition) is 4. The van der Waals surface area contributed by atoms with E-state index in [9.17, 15) is 13.9 Å². The summed E-state index contributed by atoms with van der Waals surface area (Å²) in [5, 5.41) is 9.86. The molecule has 4 nitrogen and oxygen atoms in total. The number of ether oxygens (including phenoxy) is 1. The highest BCUT2D eigenvalue weighted by Gasteiger charge is 2.36. The number of benzene rings is 1. The van der Waals surface area contributed by atoms with Crippen LogP contribution in [0.5, 0.6) is 11.6 Å². The Hall–Kier alpha value is -2.24. The van der Waals surface area contributed by atoms with Gasteiger partial charge >= 0.3 is 0 Å². The van der Waals surface area contributed by atoms with Crippen molar-refractivity contribution in [3.8, 4) is 11.6 Å². The van der Waals surface area contributed by atoms with Crippen molar-refractivity contribution >= 4 is 11.0 Å². The van der Waals surface area contributed by atoms with Gasteiger partial charge in [0.2, 0.25) is 5.88 Å². The molecule has 122 valence electrons. The number of fused-ring (bicyclic) bond motifs is 1. The van der Waals surface area contributed by atoms with E-state index in [1.807, 2.05) is 6.08 Å². The maximum Gasteiger partial charge on any atom is 0.295 e. The second-order valence-electron chi connectivity index (χ2n) is 5.71. The topological polar surface area (TPSA) is 55.2 Å². The van der Waals surface area contributed by atoms with Crippen LogP contribution in [0, 0.1) is 0 Å². The van der Waals surface area contributed by atoms with Crippen LogP contribution in [0.4, 0.5) is 8.78 Å². The Balaban J connectivity index is 1.81. The summed E-state index contributed by atoms with van der Waals surface area (Å²) in [6, 6.07) is 4.72. The molecule has 1 N–H and O–H groups in total. The van der Waals surface area contributed by atoms with Crippen LogP contribution in [0.2, 0.25) is 0 Å². The van der Waals surface area contributed by atoms with E-state index >= 15 is 0 Å². The molecule has 0 spiro atoms. The maximum absolute atomic E-state index is 14.3. The van der Waals surface area contributed by atoms with E-state index in [-0.39, 0.29) is 6.42 Å². The number of methoxy groups -OCH3 is 1. The van der Waals surface area contributed by atoms with Crippen molar-refractivity contribution in [3.63, 3.8) is 0 Å². The van der Waals surface area contributed by atoms with Gasteiger partial charge in [0, 0.05) is 12.5 Å². The smallest absolute Gasteiger partial charge is 0.295 e. The van der Waals surface area contributed by atoms with E-state index in [0.29, 0.717) is 29.6 Å². The van der Waals surface area contributed by atoms with Gasteiger partial charge in [-0.25, -0.2) is 9.97 Å². The molecule has 6 heteroatoms. The molecule has 0 radical (unpaired) electrons. The summed E-state index contributed by atoms with van der Waals surface area (Å²) in [5.41, 5.74) is 1.31. The quantitative estimate of drug-likeness (QED) is 0.636. The van der Waals surface area contributed by atoms with Gasteiger partial charge in [0.25, 0.3) is 5.92 Å². The van der Waals surface area contributed by atoms with Crippen molar-refractivity contribution in [1.29, 1.82) is 0 Å². The monoisotopic (exact) mass is 320 g/mol. The number of aromatic hydroxyl groups is 1. The second-order valence-corrected chi connectivity index (χ2v) is 5.71. The SMILES string of the molecule is COc1ccc2nc(C(F)(F)CCCC=C3CC3)c(O)nc2c1. The number of aromatic nitrogens is 2. The third-order valence-electron chi connectivity index (χ3n) is 3.87. The molecule has 1 aromatic carbocycles. The van der Waals surface area contributed by atoms with Crippen molar-refractivity contribution < 1.29 is 18.6 Å². The first kappa shape index (κ1) is 15.6. The van der Waals surface area contributed by atoms with Crippen LogP contribution in [0.3, 0.4) is 0 Å². The molecule has 0 atom stereocenters. The Morgan fingerprint density at radius 1 is 1.26 bits per heavy atom. The summed E-state index contributed by atoms with van der Waals surface area (Å²) < 4.78 is 33.7. The highest BCUT2D eigenvalue weighted by molar-refractivity contribution is 5.76. The van der Waals surface area contributed by atoms with Gasteiger partial charge in [-0.2, -0.15) is 8.78 Å². The van der Waals surface area contributed by atoms with Gasteiger partial charge in [-0.1, -0.05) is 11.6 Å². The molecule has 1 saturated carbocycles. The molecule has 1 fully saturated rings. The van der Waals surface area contributed by atoms with Crippen molar-refractivity contribution in [2.75, 3.05) is 7.11 Å². The van der Waals surface area contributed by atoms with Gasteiger partial charge in [0.1, 0.15) is 5.75 Å². The van der Waals surface area contributed by atoms with Gasteiger partial charge in [-0.15, -0.1) is 0 Å². The van der Waals surface area contributed by atoms with E-state index in [0.717, 1.165) is 12.8 Å². The van der Waals surface area contributed by atoms with E-state index in [1.165, 1.54) is 12.7 Å². The summed E-state index contributed by atoms with van der Waals surface area (Å²) in [4.78, 5) is 7.75. The van der Waals surface area contributed by atoms with Gasteiger partial charge in [0.05, 0.1) is 18.1 Å². The predicted molar refractivity (Wildman–Crippen MR) is 82.8 cm³/mol. The average molecular weight is 320 g/mol. The number of halogens is 2. The first-order valence-corrected chi connectivity index (χ1v) is 7.60.